The van der Waals surface area contributed by atoms with Gasteiger partial charge in [0.15, 0.2) is 9.84 Å². The van der Waals surface area contributed by atoms with E-state index in [4.69, 9.17) is 4.74 Å². The van der Waals surface area contributed by atoms with Crippen molar-refractivity contribution in [3.8, 4) is 0 Å². The molecule has 0 aliphatic carbocycles. The zero-order chi connectivity index (χ0) is 20.6. The summed E-state index contributed by atoms with van der Waals surface area (Å²) in [4.78, 5) is 15.1. The number of anilines is 1. The molecular weight excluding hydrogens is 394 g/mol. The molecule has 0 bridgehead atoms. The van der Waals surface area contributed by atoms with Gasteiger partial charge >= 0.3 is 5.69 Å². The monoisotopic (exact) mass is 417 g/mol. The predicted molar refractivity (Wildman–Crippen MR) is 109 cm³/mol. The zero-order valence-electron chi connectivity index (χ0n) is 16.1. The van der Waals surface area contributed by atoms with Crippen LogP contribution in [0.1, 0.15) is 5.56 Å². The summed E-state index contributed by atoms with van der Waals surface area (Å²) >= 11 is 0. The fourth-order valence-electron chi connectivity index (χ4n) is 4.22. The number of sulfone groups is 1. The van der Waals surface area contributed by atoms with E-state index in [1.165, 1.54) is 11.6 Å². The molecule has 2 aromatic carbocycles. The molecular formula is C20H23N3O5S. The molecule has 2 saturated heterocycles. The van der Waals surface area contributed by atoms with Crippen LogP contribution in [0, 0.1) is 10.1 Å². The maximum atomic E-state index is 12.1. The number of morpholine rings is 1. The third-order valence-corrected chi connectivity index (χ3v) is 6.67. The Bertz CT molecular complexity index is 1010. The standard InChI is InChI=1S/C20H23N3O5S/c1-29(26,27)19-9-5-8-16(20(19)23(24)25)22-13-17-18(14-22)28-11-10-21(17)12-15-6-3-2-4-7-15/h2-9,17-18H,10-14H2,1H3. The second-order valence-electron chi connectivity index (χ2n) is 7.49. The predicted octanol–water partition coefficient (Wildman–Crippen LogP) is 2.09. The molecule has 0 aromatic heterocycles. The van der Waals surface area contributed by atoms with Gasteiger partial charge in [0.05, 0.1) is 23.7 Å². The molecule has 0 saturated carbocycles. The van der Waals surface area contributed by atoms with Crippen LogP contribution in [-0.2, 0) is 21.1 Å². The average molecular weight is 417 g/mol. The molecule has 9 heteroatoms. The molecule has 2 heterocycles. The Balaban J connectivity index is 1.63. The molecule has 2 aromatic rings. The van der Waals surface area contributed by atoms with Crippen molar-refractivity contribution in [2.45, 2.75) is 23.6 Å². The molecule has 8 nitrogen and oxygen atoms in total. The second kappa shape index (κ2) is 7.74. The molecule has 4 rings (SSSR count). The average Bonchev–Trinajstić information content (AvgIpc) is 3.13. The maximum Gasteiger partial charge on any atom is 0.311 e. The van der Waals surface area contributed by atoms with Crippen LogP contribution < -0.4 is 4.90 Å². The Morgan fingerprint density at radius 1 is 1.14 bits per heavy atom. The molecule has 2 fully saturated rings. The van der Waals surface area contributed by atoms with Crippen molar-refractivity contribution < 1.29 is 18.1 Å². The van der Waals surface area contributed by atoms with E-state index in [1.807, 2.05) is 23.1 Å². The fraction of sp³-hybridized carbons (Fsp3) is 0.400. The minimum absolute atomic E-state index is 0.0750. The second-order valence-corrected chi connectivity index (χ2v) is 9.47. The molecule has 0 amide bonds. The Kier molecular flexibility index (Phi) is 5.28. The number of nitro benzene ring substituents is 1. The highest BCUT2D eigenvalue weighted by atomic mass is 32.2. The first-order valence-corrected chi connectivity index (χ1v) is 11.4. The van der Waals surface area contributed by atoms with E-state index in [2.05, 4.69) is 17.0 Å². The summed E-state index contributed by atoms with van der Waals surface area (Å²) in [5.41, 5.74) is 1.18. The largest absolute Gasteiger partial charge is 0.373 e. The minimum Gasteiger partial charge on any atom is -0.373 e. The summed E-state index contributed by atoms with van der Waals surface area (Å²) in [5, 5.41) is 11.7. The smallest absolute Gasteiger partial charge is 0.311 e. The van der Waals surface area contributed by atoms with E-state index in [1.54, 1.807) is 12.1 Å². The van der Waals surface area contributed by atoms with Gasteiger partial charge < -0.3 is 9.64 Å². The van der Waals surface area contributed by atoms with Crippen molar-refractivity contribution in [1.82, 2.24) is 4.90 Å². The van der Waals surface area contributed by atoms with E-state index in [-0.39, 0.29) is 22.7 Å². The van der Waals surface area contributed by atoms with Crippen molar-refractivity contribution in [3.05, 3.63) is 64.2 Å². The highest BCUT2D eigenvalue weighted by Crippen LogP contribution is 2.38. The molecule has 2 atom stereocenters. The van der Waals surface area contributed by atoms with Crippen LogP contribution in [0.5, 0.6) is 0 Å². The van der Waals surface area contributed by atoms with Crippen LogP contribution in [0.4, 0.5) is 11.4 Å². The van der Waals surface area contributed by atoms with Crippen LogP contribution >= 0.6 is 0 Å². The molecule has 2 aliphatic rings. The number of fused-ring (bicyclic) bond motifs is 1. The SMILES string of the molecule is CS(=O)(=O)c1cccc(N2CC3OCCN(Cc4ccccc4)C3C2)c1[N+](=O)[O-]. The lowest BCUT2D eigenvalue weighted by molar-refractivity contribution is -0.387. The molecule has 2 unspecified atom stereocenters. The van der Waals surface area contributed by atoms with Gasteiger partial charge in [0.2, 0.25) is 0 Å². The van der Waals surface area contributed by atoms with E-state index in [0.29, 0.717) is 25.4 Å². The molecule has 0 spiro atoms. The van der Waals surface area contributed by atoms with Gasteiger partial charge in [-0.1, -0.05) is 36.4 Å². The summed E-state index contributed by atoms with van der Waals surface area (Å²) in [7, 11) is -3.72. The number of nitrogens with zero attached hydrogens (tertiary/aromatic N) is 3. The van der Waals surface area contributed by atoms with Gasteiger partial charge in [-0.05, 0) is 17.7 Å². The van der Waals surface area contributed by atoms with Gasteiger partial charge in [-0.3, -0.25) is 15.0 Å². The quantitative estimate of drug-likeness (QED) is 0.543. The lowest BCUT2D eigenvalue weighted by atomic mass is 10.1. The Hall–Kier alpha value is -2.49. The molecule has 29 heavy (non-hydrogen) atoms. The summed E-state index contributed by atoms with van der Waals surface area (Å²) < 4.78 is 30.1. The first-order valence-electron chi connectivity index (χ1n) is 9.46. The molecule has 0 radical (unpaired) electrons. The molecule has 154 valence electrons. The zero-order valence-corrected chi connectivity index (χ0v) is 16.9. The minimum atomic E-state index is -3.72. The summed E-state index contributed by atoms with van der Waals surface area (Å²) in [6, 6.07) is 14.7. The van der Waals surface area contributed by atoms with Gasteiger partial charge in [-0.25, -0.2) is 8.42 Å². The fourth-order valence-corrected chi connectivity index (χ4v) is 5.07. The van der Waals surface area contributed by atoms with E-state index in [0.717, 1.165) is 19.3 Å². The van der Waals surface area contributed by atoms with Gasteiger partial charge in [-0.2, -0.15) is 0 Å². The Morgan fingerprint density at radius 2 is 1.90 bits per heavy atom. The third kappa shape index (κ3) is 3.98. The number of hydrogen-bond donors (Lipinski definition) is 0. The summed E-state index contributed by atoms with van der Waals surface area (Å²) in [5.74, 6) is 0. The number of nitro groups is 1. The first-order chi connectivity index (χ1) is 13.8. The van der Waals surface area contributed by atoms with E-state index >= 15 is 0 Å². The maximum absolute atomic E-state index is 12.1. The Labute approximate surface area is 169 Å². The first kappa shape index (κ1) is 19.8. The van der Waals surface area contributed by atoms with E-state index < -0.39 is 14.8 Å². The number of ether oxygens (including phenoxy) is 1. The van der Waals surface area contributed by atoms with Gasteiger partial charge in [0.1, 0.15) is 10.6 Å². The lowest BCUT2D eigenvalue weighted by Crippen LogP contribution is -2.50. The normalized spacial score (nSPS) is 22.4. The number of rotatable bonds is 5. The number of para-hydroxylation sites is 1. The van der Waals surface area contributed by atoms with Crippen molar-refractivity contribution in [3.63, 3.8) is 0 Å². The van der Waals surface area contributed by atoms with E-state index in [9.17, 15) is 18.5 Å². The third-order valence-electron chi connectivity index (χ3n) is 5.55. The van der Waals surface area contributed by atoms with Crippen LogP contribution in [-0.4, -0.2) is 62.9 Å². The van der Waals surface area contributed by atoms with Gasteiger partial charge in [0, 0.05) is 32.4 Å². The highest BCUT2D eigenvalue weighted by molar-refractivity contribution is 7.90. The molecule has 2 aliphatic heterocycles. The summed E-state index contributed by atoms with van der Waals surface area (Å²) in [6.45, 7) is 3.21. The van der Waals surface area contributed by atoms with Crippen LogP contribution in [0.15, 0.2) is 53.4 Å². The van der Waals surface area contributed by atoms with Crippen molar-refractivity contribution in [1.29, 1.82) is 0 Å². The number of hydrogen-bond acceptors (Lipinski definition) is 7. The van der Waals surface area contributed by atoms with Crippen LogP contribution in [0.3, 0.4) is 0 Å². The lowest BCUT2D eigenvalue weighted by Gasteiger charge is -2.36. The van der Waals surface area contributed by atoms with Crippen LogP contribution in [0.2, 0.25) is 0 Å². The van der Waals surface area contributed by atoms with Gasteiger partial charge in [0.25, 0.3) is 0 Å². The van der Waals surface area contributed by atoms with Crippen LogP contribution in [0.25, 0.3) is 0 Å². The van der Waals surface area contributed by atoms with Crippen molar-refractivity contribution >= 4 is 21.2 Å². The number of benzene rings is 2. The topological polar surface area (TPSA) is 93.0 Å². The molecule has 0 N–H and O–H groups in total. The van der Waals surface area contributed by atoms with Gasteiger partial charge in [-0.15, -0.1) is 0 Å². The van der Waals surface area contributed by atoms with Crippen molar-refractivity contribution in [2.75, 3.05) is 37.4 Å². The highest BCUT2D eigenvalue weighted by Gasteiger charge is 2.42. The summed E-state index contributed by atoms with van der Waals surface area (Å²) in [6.07, 6.45) is 0.919. The Morgan fingerprint density at radius 3 is 2.59 bits per heavy atom. The van der Waals surface area contributed by atoms with Crippen molar-refractivity contribution in [2.24, 2.45) is 0 Å².